The highest BCUT2D eigenvalue weighted by Gasteiger charge is 2.21. The summed E-state index contributed by atoms with van der Waals surface area (Å²) in [6.07, 6.45) is 2.82. The van der Waals surface area contributed by atoms with Gasteiger partial charge in [0, 0.05) is 0 Å². The molecule has 0 aliphatic heterocycles. The molecule has 0 saturated carbocycles. The molecule has 0 saturated heterocycles. The summed E-state index contributed by atoms with van der Waals surface area (Å²) in [6.45, 7) is 14.2. The second-order valence-corrected chi connectivity index (χ2v) is 7.30. The van der Waals surface area contributed by atoms with Crippen LogP contribution in [-0.2, 0) is 0 Å². The van der Waals surface area contributed by atoms with E-state index in [0.29, 0.717) is 13.3 Å². The topological polar surface area (TPSA) is 0 Å². The zero-order valence-corrected chi connectivity index (χ0v) is 9.83. The first-order valence-electron chi connectivity index (χ1n) is 4.51. The van der Waals surface area contributed by atoms with Gasteiger partial charge in [0.2, 0.25) is 0 Å². The Morgan fingerprint density at radius 1 is 1.18 bits per heavy atom. The highest BCUT2D eigenvalue weighted by atomic mass is 31.1. The van der Waals surface area contributed by atoms with E-state index in [4.69, 9.17) is 0 Å². The van der Waals surface area contributed by atoms with Gasteiger partial charge in [-0.3, -0.25) is 0 Å². The molecule has 0 aliphatic rings. The van der Waals surface area contributed by atoms with Crippen LogP contribution in [0.5, 0.6) is 0 Å². The Balaban J connectivity index is 3.73. The smallest absolute Gasteiger partial charge is 0.0326 e. The predicted molar refractivity (Wildman–Crippen MR) is 56.9 cm³/mol. The van der Waals surface area contributed by atoms with Crippen molar-refractivity contribution in [1.29, 1.82) is 0 Å². The molecule has 0 radical (unpaired) electrons. The third-order valence-electron chi connectivity index (χ3n) is 2.77. The van der Waals surface area contributed by atoms with Crippen molar-refractivity contribution < 1.29 is 0 Å². The fraction of sp³-hybridized carbons (Fsp3) is 1.00. The SMILES string of the molecule is CC(C)C(C)(C)CCP(C)C. The second kappa shape index (κ2) is 4.45. The van der Waals surface area contributed by atoms with Crippen molar-refractivity contribution in [1.82, 2.24) is 0 Å². The Hall–Kier alpha value is 0.430. The van der Waals surface area contributed by atoms with E-state index in [2.05, 4.69) is 41.0 Å². The standard InChI is InChI=1S/C10H23P/c1-9(2)10(3,4)7-8-11(5)6/h9H,7-8H2,1-6H3. The second-order valence-electron chi connectivity index (χ2n) is 4.70. The molecule has 0 heterocycles. The molecule has 0 unspecified atom stereocenters. The Kier molecular flexibility index (Phi) is 4.63. The van der Waals surface area contributed by atoms with E-state index in [1.807, 2.05) is 0 Å². The van der Waals surface area contributed by atoms with Crippen molar-refractivity contribution in [2.24, 2.45) is 11.3 Å². The molecule has 0 aromatic carbocycles. The summed E-state index contributed by atoms with van der Waals surface area (Å²) >= 11 is 0. The van der Waals surface area contributed by atoms with Crippen LogP contribution < -0.4 is 0 Å². The van der Waals surface area contributed by atoms with Crippen molar-refractivity contribution in [3.8, 4) is 0 Å². The molecular weight excluding hydrogens is 151 g/mol. The van der Waals surface area contributed by atoms with Gasteiger partial charge < -0.3 is 0 Å². The lowest BCUT2D eigenvalue weighted by Gasteiger charge is -2.29. The molecule has 1 heteroatoms. The van der Waals surface area contributed by atoms with Gasteiger partial charge in [0.15, 0.2) is 0 Å². The first kappa shape index (κ1) is 11.4. The van der Waals surface area contributed by atoms with Gasteiger partial charge >= 0.3 is 0 Å². The van der Waals surface area contributed by atoms with Gasteiger partial charge in [-0.05, 0) is 37.2 Å². The Bertz CT molecular complexity index is 103. The van der Waals surface area contributed by atoms with Gasteiger partial charge in [-0.15, -0.1) is 7.92 Å². The summed E-state index contributed by atoms with van der Waals surface area (Å²) in [6, 6.07) is 0. The first-order chi connectivity index (χ1) is 4.86. The molecule has 0 spiro atoms. The molecule has 0 rings (SSSR count). The zero-order chi connectivity index (χ0) is 9.07. The van der Waals surface area contributed by atoms with Crippen LogP contribution in [0.1, 0.15) is 34.1 Å². The largest absolute Gasteiger partial charge is 0.113 e. The summed E-state index contributed by atoms with van der Waals surface area (Å²) in [5, 5.41) is 0. The van der Waals surface area contributed by atoms with Crippen LogP contribution in [0.25, 0.3) is 0 Å². The van der Waals surface area contributed by atoms with Gasteiger partial charge in [-0.1, -0.05) is 27.7 Å². The van der Waals surface area contributed by atoms with Crippen molar-refractivity contribution in [2.75, 3.05) is 19.5 Å². The maximum atomic E-state index is 2.39. The van der Waals surface area contributed by atoms with E-state index in [1.165, 1.54) is 12.6 Å². The number of rotatable bonds is 4. The molecule has 0 bridgehead atoms. The van der Waals surface area contributed by atoms with Gasteiger partial charge in [0.1, 0.15) is 0 Å². The van der Waals surface area contributed by atoms with Gasteiger partial charge in [0.05, 0.1) is 0 Å². The highest BCUT2D eigenvalue weighted by Crippen LogP contribution is 2.36. The summed E-state index contributed by atoms with van der Waals surface area (Å²) in [4.78, 5) is 0. The van der Waals surface area contributed by atoms with Gasteiger partial charge in [-0.25, -0.2) is 0 Å². The lowest BCUT2D eigenvalue weighted by atomic mass is 9.79. The minimum Gasteiger partial charge on any atom is -0.113 e. The Labute approximate surface area is 73.5 Å². The highest BCUT2D eigenvalue weighted by molar-refractivity contribution is 7.55. The molecule has 0 atom stereocenters. The van der Waals surface area contributed by atoms with Crippen LogP contribution in [0.3, 0.4) is 0 Å². The maximum Gasteiger partial charge on any atom is -0.0326 e. The molecule has 11 heavy (non-hydrogen) atoms. The van der Waals surface area contributed by atoms with Crippen LogP contribution in [0.15, 0.2) is 0 Å². The molecule has 0 nitrogen and oxygen atoms in total. The third kappa shape index (κ3) is 4.80. The molecule has 0 N–H and O–H groups in total. The van der Waals surface area contributed by atoms with Crippen LogP contribution in [0.2, 0.25) is 0 Å². The molecule has 0 aliphatic carbocycles. The van der Waals surface area contributed by atoms with E-state index < -0.39 is 0 Å². The third-order valence-corrected chi connectivity index (χ3v) is 3.88. The maximum absolute atomic E-state index is 2.39. The van der Waals surface area contributed by atoms with E-state index in [0.717, 1.165) is 5.92 Å². The molecule has 0 aromatic heterocycles. The van der Waals surface area contributed by atoms with Crippen LogP contribution in [0.4, 0.5) is 0 Å². The van der Waals surface area contributed by atoms with Crippen molar-refractivity contribution in [3.63, 3.8) is 0 Å². The monoisotopic (exact) mass is 174 g/mol. The zero-order valence-electron chi connectivity index (χ0n) is 8.94. The van der Waals surface area contributed by atoms with Crippen LogP contribution in [-0.4, -0.2) is 19.5 Å². The van der Waals surface area contributed by atoms with Crippen molar-refractivity contribution in [3.05, 3.63) is 0 Å². The minimum absolute atomic E-state index is 0.310. The Morgan fingerprint density at radius 3 is 1.91 bits per heavy atom. The molecule has 0 fully saturated rings. The van der Waals surface area contributed by atoms with Gasteiger partial charge in [0.25, 0.3) is 0 Å². The van der Waals surface area contributed by atoms with Crippen LogP contribution >= 0.6 is 7.92 Å². The van der Waals surface area contributed by atoms with E-state index in [-0.39, 0.29) is 0 Å². The summed E-state index contributed by atoms with van der Waals surface area (Å²) in [5.41, 5.74) is 0.548. The summed E-state index contributed by atoms with van der Waals surface area (Å²) < 4.78 is 0. The summed E-state index contributed by atoms with van der Waals surface area (Å²) in [5.74, 6) is 0.817. The fourth-order valence-electron chi connectivity index (χ4n) is 0.800. The van der Waals surface area contributed by atoms with E-state index >= 15 is 0 Å². The molecular formula is C10H23P. The summed E-state index contributed by atoms with van der Waals surface area (Å²) in [7, 11) is 0.310. The minimum atomic E-state index is 0.310. The quantitative estimate of drug-likeness (QED) is 0.569. The van der Waals surface area contributed by atoms with Gasteiger partial charge in [-0.2, -0.15) is 0 Å². The fourth-order valence-corrected chi connectivity index (χ4v) is 1.82. The number of hydrogen-bond donors (Lipinski definition) is 0. The number of hydrogen-bond acceptors (Lipinski definition) is 0. The first-order valence-corrected chi connectivity index (χ1v) is 6.93. The van der Waals surface area contributed by atoms with Crippen molar-refractivity contribution in [2.45, 2.75) is 34.1 Å². The molecule has 0 aromatic rings. The average molecular weight is 174 g/mol. The molecule has 0 amide bonds. The van der Waals surface area contributed by atoms with E-state index in [1.54, 1.807) is 0 Å². The lowest BCUT2D eigenvalue weighted by molar-refractivity contribution is 0.242. The van der Waals surface area contributed by atoms with Crippen LogP contribution in [0, 0.1) is 11.3 Å². The Morgan fingerprint density at radius 2 is 1.64 bits per heavy atom. The van der Waals surface area contributed by atoms with E-state index in [9.17, 15) is 0 Å². The molecule has 68 valence electrons. The lowest BCUT2D eigenvalue weighted by Crippen LogP contribution is -2.20. The van der Waals surface area contributed by atoms with Crippen molar-refractivity contribution >= 4 is 7.92 Å². The predicted octanol–water partition coefficient (Wildman–Crippen LogP) is 3.80. The average Bonchev–Trinajstić information content (AvgIpc) is 1.84. The normalized spacial score (nSPS) is 13.1.